The van der Waals surface area contributed by atoms with Gasteiger partial charge in [0.2, 0.25) is 0 Å². The molecule has 1 unspecified atom stereocenters. The Morgan fingerprint density at radius 1 is 1.16 bits per heavy atom. The topological polar surface area (TPSA) is 76.2 Å². The molecule has 0 saturated heterocycles. The maximum atomic E-state index is 12.9. The number of carbonyl (C=O) groups is 1. The van der Waals surface area contributed by atoms with E-state index in [1.54, 1.807) is 20.4 Å². The number of methoxy groups -OCH3 is 2. The Morgan fingerprint density at radius 2 is 2.00 bits per heavy atom. The van der Waals surface area contributed by atoms with Gasteiger partial charge in [-0.25, -0.2) is 4.98 Å². The minimum Gasteiger partial charge on any atom is -0.493 e. The average Bonchev–Trinajstić information content (AvgIpc) is 3.40. The standard InChI is InChI=1S/C25H25N3O3S/c1-30-21-9-5-7-17(23(21)31-2)19(18-12-26-20-8-4-3-6-16(18)20)13-27-24(29)22-14-28-25(32-22)15-10-11-15/h3-9,12,14-15,19,26H,10-11,13H2,1-2H3,(H,27,29). The SMILES string of the molecule is COc1cccc(C(CNC(=O)c2cnc(C3CC3)s2)c2c[nH]c3ccccc23)c1OC. The van der Waals surface area contributed by atoms with Crippen molar-refractivity contribution in [2.45, 2.75) is 24.7 Å². The van der Waals surface area contributed by atoms with Gasteiger partial charge in [0.1, 0.15) is 4.88 Å². The molecule has 1 amide bonds. The van der Waals surface area contributed by atoms with Gasteiger partial charge in [-0.15, -0.1) is 11.3 Å². The van der Waals surface area contributed by atoms with Gasteiger partial charge in [0.15, 0.2) is 11.5 Å². The van der Waals surface area contributed by atoms with Crippen molar-refractivity contribution in [1.82, 2.24) is 15.3 Å². The van der Waals surface area contributed by atoms with Crippen LogP contribution in [0.3, 0.4) is 0 Å². The number of amides is 1. The second-order valence-corrected chi connectivity index (χ2v) is 9.03. The zero-order valence-corrected chi connectivity index (χ0v) is 18.9. The van der Waals surface area contributed by atoms with Crippen molar-refractivity contribution in [3.63, 3.8) is 0 Å². The summed E-state index contributed by atoms with van der Waals surface area (Å²) in [5.74, 6) is 1.66. The Labute approximate surface area is 190 Å². The third-order valence-electron chi connectivity index (χ3n) is 5.95. The lowest BCUT2D eigenvalue weighted by atomic mass is 9.89. The van der Waals surface area contributed by atoms with E-state index in [9.17, 15) is 4.79 Å². The predicted molar refractivity (Wildman–Crippen MR) is 126 cm³/mol. The monoisotopic (exact) mass is 447 g/mol. The van der Waals surface area contributed by atoms with Gasteiger partial charge >= 0.3 is 0 Å². The van der Waals surface area contributed by atoms with Crippen LogP contribution in [0.4, 0.5) is 0 Å². The number of nitrogens with zero attached hydrogens (tertiary/aromatic N) is 1. The number of hydrogen-bond donors (Lipinski definition) is 2. The van der Waals surface area contributed by atoms with Crippen molar-refractivity contribution in [1.29, 1.82) is 0 Å². The first-order valence-electron chi connectivity index (χ1n) is 10.7. The molecule has 2 aromatic carbocycles. The lowest BCUT2D eigenvalue weighted by molar-refractivity contribution is 0.0956. The van der Waals surface area contributed by atoms with E-state index in [4.69, 9.17) is 9.47 Å². The molecule has 32 heavy (non-hydrogen) atoms. The molecule has 7 heteroatoms. The molecule has 2 aromatic heterocycles. The van der Waals surface area contributed by atoms with Crippen LogP contribution in [0.1, 0.15) is 50.5 Å². The fraction of sp³-hybridized carbons (Fsp3) is 0.280. The molecular formula is C25H25N3O3S. The minimum atomic E-state index is -0.129. The molecule has 6 nitrogen and oxygen atoms in total. The summed E-state index contributed by atoms with van der Waals surface area (Å²) in [7, 11) is 3.27. The van der Waals surface area contributed by atoms with Crippen molar-refractivity contribution >= 4 is 28.1 Å². The van der Waals surface area contributed by atoms with Gasteiger partial charge in [-0.05, 0) is 30.5 Å². The normalized spacial score (nSPS) is 14.3. The highest BCUT2D eigenvalue weighted by Gasteiger charge is 2.28. The summed E-state index contributed by atoms with van der Waals surface area (Å²) < 4.78 is 11.3. The highest BCUT2D eigenvalue weighted by Crippen LogP contribution is 2.42. The molecule has 1 atom stereocenters. The van der Waals surface area contributed by atoms with Gasteiger partial charge in [-0.3, -0.25) is 4.79 Å². The van der Waals surface area contributed by atoms with E-state index >= 15 is 0 Å². The summed E-state index contributed by atoms with van der Waals surface area (Å²) in [4.78, 5) is 21.4. The van der Waals surface area contributed by atoms with Crippen molar-refractivity contribution in [3.8, 4) is 11.5 Å². The highest BCUT2D eigenvalue weighted by molar-refractivity contribution is 7.13. The van der Waals surface area contributed by atoms with Crippen LogP contribution in [0.2, 0.25) is 0 Å². The van der Waals surface area contributed by atoms with Gasteiger partial charge in [-0.2, -0.15) is 0 Å². The maximum absolute atomic E-state index is 12.9. The second-order valence-electron chi connectivity index (χ2n) is 7.97. The fourth-order valence-electron chi connectivity index (χ4n) is 4.15. The number of benzene rings is 2. The third kappa shape index (κ3) is 3.84. The Balaban J connectivity index is 1.49. The van der Waals surface area contributed by atoms with Crippen molar-refractivity contribution in [3.05, 3.63) is 75.9 Å². The van der Waals surface area contributed by atoms with Gasteiger partial charge in [-0.1, -0.05) is 30.3 Å². The summed E-state index contributed by atoms with van der Waals surface area (Å²) in [6.07, 6.45) is 6.05. The van der Waals surface area contributed by atoms with Crippen molar-refractivity contribution in [2.75, 3.05) is 20.8 Å². The van der Waals surface area contributed by atoms with Gasteiger partial charge in [0.25, 0.3) is 5.91 Å². The second kappa shape index (κ2) is 8.67. The lowest BCUT2D eigenvalue weighted by Gasteiger charge is -2.21. The fourth-order valence-corrected chi connectivity index (χ4v) is 5.15. The Bertz CT molecular complexity index is 1260. The van der Waals surface area contributed by atoms with Gasteiger partial charge < -0.3 is 19.8 Å². The minimum absolute atomic E-state index is 0.0962. The van der Waals surface area contributed by atoms with Crippen LogP contribution in [0, 0.1) is 0 Å². The van der Waals surface area contributed by atoms with E-state index in [2.05, 4.69) is 21.4 Å². The molecule has 0 aliphatic heterocycles. The third-order valence-corrected chi connectivity index (χ3v) is 7.10. The molecule has 4 aromatic rings. The first-order chi connectivity index (χ1) is 15.7. The summed E-state index contributed by atoms with van der Waals surface area (Å²) >= 11 is 1.50. The van der Waals surface area contributed by atoms with E-state index in [0.29, 0.717) is 28.8 Å². The van der Waals surface area contributed by atoms with Gasteiger partial charge in [0, 0.05) is 41.0 Å². The van der Waals surface area contributed by atoms with E-state index in [1.165, 1.54) is 24.2 Å². The van der Waals surface area contributed by atoms with Crippen LogP contribution in [0.15, 0.2) is 54.9 Å². The van der Waals surface area contributed by atoms with Crippen LogP contribution in [0.25, 0.3) is 10.9 Å². The molecule has 5 rings (SSSR count). The molecular weight excluding hydrogens is 422 g/mol. The number of ether oxygens (including phenoxy) is 2. The van der Waals surface area contributed by atoms with E-state index in [0.717, 1.165) is 27.0 Å². The lowest BCUT2D eigenvalue weighted by Crippen LogP contribution is -2.28. The van der Waals surface area contributed by atoms with Crippen LogP contribution >= 0.6 is 11.3 Å². The Hall–Kier alpha value is -3.32. The van der Waals surface area contributed by atoms with Gasteiger partial charge in [0.05, 0.1) is 25.4 Å². The number of hydrogen-bond acceptors (Lipinski definition) is 5. The smallest absolute Gasteiger partial charge is 0.263 e. The number of para-hydroxylation sites is 2. The molecule has 1 aliphatic carbocycles. The average molecular weight is 448 g/mol. The first kappa shape index (κ1) is 20.6. The van der Waals surface area contributed by atoms with E-state index in [1.807, 2.05) is 42.6 Å². The number of rotatable bonds is 8. The highest BCUT2D eigenvalue weighted by atomic mass is 32.1. The van der Waals surface area contributed by atoms with Crippen molar-refractivity contribution in [2.24, 2.45) is 0 Å². The van der Waals surface area contributed by atoms with E-state index < -0.39 is 0 Å². The zero-order valence-electron chi connectivity index (χ0n) is 18.1. The molecule has 0 spiro atoms. The maximum Gasteiger partial charge on any atom is 0.263 e. The number of nitrogens with one attached hydrogen (secondary N) is 2. The molecule has 164 valence electrons. The van der Waals surface area contributed by atoms with Crippen molar-refractivity contribution < 1.29 is 14.3 Å². The quantitative estimate of drug-likeness (QED) is 0.395. The first-order valence-corrected chi connectivity index (χ1v) is 11.5. The molecule has 1 aliphatic rings. The van der Waals surface area contributed by atoms with Crippen LogP contribution in [-0.4, -0.2) is 36.6 Å². The summed E-state index contributed by atoms with van der Waals surface area (Å²) in [5, 5.41) is 5.32. The molecule has 1 fully saturated rings. The van der Waals surface area contributed by atoms with Crippen LogP contribution in [0.5, 0.6) is 11.5 Å². The zero-order chi connectivity index (χ0) is 22.1. The molecule has 1 saturated carbocycles. The number of H-pyrrole nitrogens is 1. The Kier molecular flexibility index (Phi) is 5.57. The Morgan fingerprint density at radius 3 is 2.78 bits per heavy atom. The number of carbonyl (C=O) groups excluding carboxylic acids is 1. The predicted octanol–water partition coefficient (Wildman–Crippen LogP) is 5.08. The molecule has 2 N–H and O–H groups in total. The number of fused-ring (bicyclic) bond motifs is 1. The van der Waals surface area contributed by atoms with E-state index in [-0.39, 0.29) is 11.8 Å². The number of aromatic amines is 1. The molecule has 2 heterocycles. The number of aromatic nitrogens is 2. The number of thiazole rings is 1. The summed E-state index contributed by atoms with van der Waals surface area (Å²) in [6, 6.07) is 14.0. The van der Waals surface area contributed by atoms with Crippen LogP contribution in [-0.2, 0) is 0 Å². The summed E-state index contributed by atoms with van der Waals surface area (Å²) in [6.45, 7) is 0.418. The molecule has 0 radical (unpaired) electrons. The largest absolute Gasteiger partial charge is 0.493 e. The summed E-state index contributed by atoms with van der Waals surface area (Å²) in [5.41, 5.74) is 3.10. The molecule has 0 bridgehead atoms. The van der Waals surface area contributed by atoms with Crippen LogP contribution < -0.4 is 14.8 Å².